The van der Waals surface area contributed by atoms with Crippen molar-refractivity contribution in [2.45, 2.75) is 58.4 Å². The number of hydrogen-bond donors (Lipinski definition) is 1. The van der Waals surface area contributed by atoms with Crippen molar-refractivity contribution in [2.24, 2.45) is 11.3 Å². The number of rotatable bonds is 5. The molecule has 0 aromatic carbocycles. The third kappa shape index (κ3) is 4.59. The van der Waals surface area contributed by atoms with Crippen LogP contribution in [0.1, 0.15) is 40.0 Å². The Hall–Kier alpha value is -0.820. The van der Waals surface area contributed by atoms with E-state index in [2.05, 4.69) is 19.2 Å². The Balaban J connectivity index is 1.76. The Morgan fingerprint density at radius 1 is 1.30 bits per heavy atom. The molecule has 0 radical (unpaired) electrons. The molecule has 4 nitrogen and oxygen atoms in total. The van der Waals surface area contributed by atoms with Crippen LogP contribution in [0, 0.1) is 11.3 Å². The van der Waals surface area contributed by atoms with Gasteiger partial charge in [-0.3, -0.25) is 9.69 Å². The van der Waals surface area contributed by atoms with E-state index < -0.39 is 12.7 Å². The minimum absolute atomic E-state index is 0.0234. The van der Waals surface area contributed by atoms with Crippen LogP contribution < -0.4 is 5.32 Å². The highest BCUT2D eigenvalue weighted by Gasteiger charge is 2.50. The highest BCUT2D eigenvalue weighted by molar-refractivity contribution is 5.79. The lowest BCUT2D eigenvalue weighted by Crippen LogP contribution is -2.63. The molecule has 2 aliphatic rings. The van der Waals surface area contributed by atoms with Gasteiger partial charge in [0.1, 0.15) is 0 Å². The number of nitrogens with one attached hydrogen (secondary N) is 1. The summed E-state index contributed by atoms with van der Waals surface area (Å²) in [5, 5.41) is 3.07. The van der Waals surface area contributed by atoms with Crippen LogP contribution in [0.3, 0.4) is 0 Å². The van der Waals surface area contributed by atoms with Gasteiger partial charge in [0.05, 0.1) is 12.6 Å². The summed E-state index contributed by atoms with van der Waals surface area (Å²) < 4.78 is 42.8. The minimum atomic E-state index is -4.17. The van der Waals surface area contributed by atoms with Crippen LogP contribution in [0.25, 0.3) is 0 Å². The maximum Gasteiger partial charge on any atom is 0.401 e. The standard InChI is InChI=1S/C16H27F3N2O2/c1-4-23-13-9-12(15(13,2)3)20-14(22)11-5-7-21(8-6-11)10-16(17,18)19/h11-13H,4-10H2,1-3H3,(H,20,22)/t12-,13+/m0/s1. The van der Waals surface area contributed by atoms with E-state index >= 15 is 0 Å². The molecule has 2 rings (SSSR count). The molecule has 1 heterocycles. The van der Waals surface area contributed by atoms with E-state index in [0.717, 1.165) is 6.42 Å². The first-order valence-electron chi connectivity index (χ1n) is 8.34. The lowest BCUT2D eigenvalue weighted by molar-refractivity contribution is -0.151. The highest BCUT2D eigenvalue weighted by atomic mass is 19.4. The molecule has 7 heteroatoms. The minimum Gasteiger partial charge on any atom is -0.378 e. The van der Waals surface area contributed by atoms with Crippen LogP contribution in [0.5, 0.6) is 0 Å². The van der Waals surface area contributed by atoms with E-state index in [1.54, 1.807) is 0 Å². The van der Waals surface area contributed by atoms with E-state index in [9.17, 15) is 18.0 Å². The van der Waals surface area contributed by atoms with E-state index in [0.29, 0.717) is 32.5 Å². The molecule has 1 aliphatic heterocycles. The monoisotopic (exact) mass is 336 g/mol. The summed E-state index contributed by atoms with van der Waals surface area (Å²) in [4.78, 5) is 13.7. The fourth-order valence-electron chi connectivity index (χ4n) is 3.51. The van der Waals surface area contributed by atoms with Gasteiger partial charge in [0.15, 0.2) is 0 Å². The van der Waals surface area contributed by atoms with Crippen LogP contribution in [0.15, 0.2) is 0 Å². The van der Waals surface area contributed by atoms with Gasteiger partial charge >= 0.3 is 6.18 Å². The van der Waals surface area contributed by atoms with E-state index in [1.165, 1.54) is 4.90 Å². The van der Waals surface area contributed by atoms with Crippen LogP contribution in [0.2, 0.25) is 0 Å². The van der Waals surface area contributed by atoms with E-state index in [1.807, 2.05) is 6.92 Å². The SMILES string of the molecule is CCO[C@@H]1C[C@H](NC(=O)C2CCN(CC(F)(F)F)CC2)C1(C)C. The molecule has 2 fully saturated rings. The first-order valence-corrected chi connectivity index (χ1v) is 8.34. The van der Waals surface area contributed by atoms with Crippen molar-refractivity contribution in [3.63, 3.8) is 0 Å². The van der Waals surface area contributed by atoms with Gasteiger partial charge in [-0.25, -0.2) is 0 Å². The fourth-order valence-corrected chi connectivity index (χ4v) is 3.51. The predicted molar refractivity (Wildman–Crippen MR) is 81.0 cm³/mol. The summed E-state index contributed by atoms with van der Waals surface area (Å²) in [7, 11) is 0. The lowest BCUT2D eigenvalue weighted by atomic mass is 9.64. The van der Waals surface area contributed by atoms with Gasteiger partial charge in [0.2, 0.25) is 5.91 Å². The van der Waals surface area contributed by atoms with Crippen molar-refractivity contribution in [2.75, 3.05) is 26.2 Å². The molecule has 0 bridgehead atoms. The van der Waals surface area contributed by atoms with Crippen molar-refractivity contribution < 1.29 is 22.7 Å². The van der Waals surface area contributed by atoms with Gasteiger partial charge in [-0.2, -0.15) is 13.2 Å². The van der Waals surface area contributed by atoms with Crippen LogP contribution in [-0.4, -0.2) is 55.4 Å². The molecule has 0 aromatic heterocycles. The largest absolute Gasteiger partial charge is 0.401 e. The second kappa shape index (κ2) is 6.97. The molecule has 2 atom stereocenters. The number of nitrogens with zero attached hydrogens (tertiary/aromatic N) is 1. The maximum atomic E-state index is 12.4. The van der Waals surface area contributed by atoms with Gasteiger partial charge in [-0.1, -0.05) is 13.8 Å². The summed E-state index contributed by atoms with van der Waals surface area (Å²) >= 11 is 0. The number of amides is 1. The zero-order valence-corrected chi connectivity index (χ0v) is 14.1. The Morgan fingerprint density at radius 3 is 2.39 bits per heavy atom. The summed E-state index contributed by atoms with van der Waals surface area (Å²) in [5.74, 6) is -0.203. The molecule has 1 N–H and O–H groups in total. The predicted octanol–water partition coefficient (Wildman–Crippen LogP) is 2.58. The summed E-state index contributed by atoms with van der Waals surface area (Å²) in [6, 6.07) is 0.0831. The molecular formula is C16H27F3N2O2. The smallest absolute Gasteiger partial charge is 0.378 e. The van der Waals surface area contributed by atoms with Crippen molar-refractivity contribution in [3.05, 3.63) is 0 Å². The number of ether oxygens (including phenoxy) is 1. The normalized spacial score (nSPS) is 29.1. The summed E-state index contributed by atoms with van der Waals surface area (Å²) in [5.41, 5.74) is -0.0946. The molecule has 0 unspecified atom stereocenters. The third-order valence-corrected chi connectivity index (χ3v) is 5.22. The Morgan fingerprint density at radius 2 is 1.91 bits per heavy atom. The Bertz CT molecular complexity index is 418. The number of carbonyl (C=O) groups is 1. The van der Waals surface area contributed by atoms with Gasteiger partial charge < -0.3 is 10.1 Å². The topological polar surface area (TPSA) is 41.6 Å². The lowest BCUT2D eigenvalue weighted by Gasteiger charge is -2.52. The Kier molecular flexibility index (Phi) is 5.61. The zero-order chi connectivity index (χ0) is 17.3. The maximum absolute atomic E-state index is 12.4. The second-order valence-corrected chi connectivity index (χ2v) is 7.23. The average Bonchev–Trinajstić information content (AvgIpc) is 2.45. The van der Waals surface area contributed by atoms with Crippen molar-refractivity contribution in [1.82, 2.24) is 10.2 Å². The van der Waals surface area contributed by atoms with Crippen LogP contribution >= 0.6 is 0 Å². The number of hydrogen-bond acceptors (Lipinski definition) is 3. The molecule has 1 amide bonds. The first-order chi connectivity index (χ1) is 10.6. The molecule has 0 aromatic rings. The van der Waals surface area contributed by atoms with Gasteiger partial charge in [0.25, 0.3) is 0 Å². The number of carbonyl (C=O) groups excluding carboxylic acids is 1. The number of halogens is 3. The van der Waals surface area contributed by atoms with Crippen molar-refractivity contribution >= 4 is 5.91 Å². The van der Waals surface area contributed by atoms with Crippen molar-refractivity contribution in [3.8, 4) is 0 Å². The molecule has 23 heavy (non-hydrogen) atoms. The first kappa shape index (κ1) is 18.5. The fraction of sp³-hybridized carbons (Fsp3) is 0.938. The quantitative estimate of drug-likeness (QED) is 0.839. The molecule has 1 saturated heterocycles. The highest BCUT2D eigenvalue weighted by Crippen LogP contribution is 2.43. The van der Waals surface area contributed by atoms with E-state index in [-0.39, 0.29) is 29.4 Å². The summed E-state index contributed by atoms with van der Waals surface area (Å²) in [6.45, 7) is 6.54. The molecule has 1 aliphatic carbocycles. The number of piperidine rings is 1. The Labute approximate surface area is 135 Å². The molecule has 0 spiro atoms. The van der Waals surface area contributed by atoms with Crippen LogP contribution in [-0.2, 0) is 9.53 Å². The van der Waals surface area contributed by atoms with Gasteiger partial charge in [-0.05, 0) is 39.3 Å². The zero-order valence-electron chi connectivity index (χ0n) is 14.1. The summed E-state index contributed by atoms with van der Waals surface area (Å²) in [6.07, 6.45) is -2.22. The second-order valence-electron chi connectivity index (χ2n) is 7.23. The van der Waals surface area contributed by atoms with Crippen LogP contribution in [0.4, 0.5) is 13.2 Å². The number of alkyl halides is 3. The molecule has 134 valence electrons. The molecular weight excluding hydrogens is 309 g/mol. The van der Waals surface area contributed by atoms with Gasteiger partial charge in [-0.15, -0.1) is 0 Å². The average molecular weight is 336 g/mol. The van der Waals surface area contributed by atoms with E-state index in [4.69, 9.17) is 4.74 Å². The van der Waals surface area contributed by atoms with Gasteiger partial charge in [0, 0.05) is 24.0 Å². The van der Waals surface area contributed by atoms with Crippen molar-refractivity contribution in [1.29, 1.82) is 0 Å². The number of likely N-dealkylation sites (tertiary alicyclic amines) is 1. The third-order valence-electron chi connectivity index (χ3n) is 5.22. The molecule has 1 saturated carbocycles.